The fourth-order valence-corrected chi connectivity index (χ4v) is 3.72. The van der Waals surface area contributed by atoms with Gasteiger partial charge in [-0.3, -0.25) is 4.68 Å². The Kier molecular flexibility index (Phi) is 4.75. The van der Waals surface area contributed by atoms with Crippen LogP contribution in [0.3, 0.4) is 0 Å². The van der Waals surface area contributed by atoms with E-state index in [0.717, 1.165) is 12.1 Å². The molecule has 3 heteroatoms. The van der Waals surface area contributed by atoms with Crippen molar-refractivity contribution in [1.82, 2.24) is 9.78 Å². The van der Waals surface area contributed by atoms with Gasteiger partial charge in [-0.1, -0.05) is 52.0 Å². The average molecular weight is 422 g/mol. The molecule has 1 aliphatic rings. The fraction of sp³-hybridized carbons (Fsp3) is 0.318. The van der Waals surface area contributed by atoms with Crippen LogP contribution in [-0.2, 0) is 25.8 Å². The molecule has 25 heavy (non-hydrogen) atoms. The van der Waals surface area contributed by atoms with Gasteiger partial charge in [0.05, 0.1) is 6.20 Å². The van der Waals surface area contributed by atoms with Crippen molar-refractivity contribution in [2.75, 3.05) is 0 Å². The van der Waals surface area contributed by atoms with Crippen molar-refractivity contribution >= 4 is 0 Å². The monoisotopic (exact) mass is 421 g/mol. The van der Waals surface area contributed by atoms with Crippen LogP contribution in [0.4, 0.5) is 0 Å². The molecule has 1 aliphatic carbocycles. The van der Waals surface area contributed by atoms with Crippen molar-refractivity contribution in [1.29, 1.82) is 0 Å². The summed E-state index contributed by atoms with van der Waals surface area (Å²) < 4.78 is 1.95. The largest absolute Gasteiger partial charge is 0.265 e. The summed E-state index contributed by atoms with van der Waals surface area (Å²) >= 11 is 0. The van der Waals surface area contributed by atoms with Gasteiger partial charge < -0.3 is 0 Å². The normalized spacial score (nSPS) is 15.2. The Morgan fingerprint density at radius 2 is 1.92 bits per heavy atom. The molecule has 1 unspecified atom stereocenters. The van der Waals surface area contributed by atoms with E-state index in [1.165, 1.54) is 27.8 Å². The third-order valence-corrected chi connectivity index (χ3v) is 5.53. The summed E-state index contributed by atoms with van der Waals surface area (Å²) in [5.74, 6) is 0.535. The van der Waals surface area contributed by atoms with Crippen molar-refractivity contribution in [3.63, 3.8) is 0 Å². The molecule has 1 heterocycles. The summed E-state index contributed by atoms with van der Waals surface area (Å²) in [6, 6.07) is 16.5. The zero-order chi connectivity index (χ0) is 16.9. The molecule has 3 aromatic rings. The minimum atomic E-state index is 0. The van der Waals surface area contributed by atoms with E-state index in [2.05, 4.69) is 81.5 Å². The van der Waals surface area contributed by atoms with Gasteiger partial charge in [-0.2, -0.15) is 17.2 Å². The Morgan fingerprint density at radius 1 is 1.16 bits per heavy atom. The molecule has 0 aliphatic heterocycles. The molecule has 1 aromatic heterocycles. The molecule has 0 spiro atoms. The SMILES string of the molecule is CCC(C)c1cnn(-c2[c-]cc3c(c2)-c2ccccc2C3(C)C)c1.[Pd]. The number of hydrogen-bond donors (Lipinski definition) is 0. The van der Waals surface area contributed by atoms with Crippen LogP contribution in [0.1, 0.15) is 56.7 Å². The second-order valence-corrected chi connectivity index (χ2v) is 7.34. The first kappa shape index (κ1) is 18.1. The first-order valence-electron chi connectivity index (χ1n) is 8.73. The molecule has 0 radical (unpaired) electrons. The molecule has 0 saturated heterocycles. The number of rotatable bonds is 3. The Hall–Kier alpha value is -1.69. The number of nitrogens with zero attached hydrogens (tertiary/aromatic N) is 2. The van der Waals surface area contributed by atoms with E-state index >= 15 is 0 Å². The molecular formula is C22H23N2Pd-. The van der Waals surface area contributed by atoms with Crippen molar-refractivity contribution in [2.45, 2.75) is 45.4 Å². The second kappa shape index (κ2) is 6.56. The molecule has 1 atom stereocenters. The standard InChI is InChI=1S/C22H23N2.Pd/c1-5-15(2)16-13-23-24(14-16)17-10-11-21-19(12-17)18-8-6-7-9-20(18)22(21,3)4;/h6-9,11-15H,5H2,1-4H3;/q-1;. The van der Waals surface area contributed by atoms with Crippen LogP contribution in [0.5, 0.6) is 0 Å². The van der Waals surface area contributed by atoms with Crippen molar-refractivity contribution < 1.29 is 20.4 Å². The van der Waals surface area contributed by atoms with E-state index in [-0.39, 0.29) is 25.8 Å². The van der Waals surface area contributed by atoms with Crippen LogP contribution in [0.15, 0.2) is 48.8 Å². The topological polar surface area (TPSA) is 17.8 Å². The molecule has 132 valence electrons. The molecule has 0 bridgehead atoms. The zero-order valence-electron chi connectivity index (χ0n) is 15.1. The maximum atomic E-state index is 4.56. The summed E-state index contributed by atoms with van der Waals surface area (Å²) in [7, 11) is 0. The van der Waals surface area contributed by atoms with Crippen LogP contribution in [0.2, 0.25) is 0 Å². The molecular weight excluding hydrogens is 399 g/mol. The van der Waals surface area contributed by atoms with Crippen LogP contribution in [0, 0.1) is 6.07 Å². The first-order chi connectivity index (χ1) is 11.5. The van der Waals surface area contributed by atoms with E-state index in [0.29, 0.717) is 5.92 Å². The van der Waals surface area contributed by atoms with Gasteiger partial charge in [0.1, 0.15) is 0 Å². The van der Waals surface area contributed by atoms with E-state index in [9.17, 15) is 0 Å². The van der Waals surface area contributed by atoms with Crippen molar-refractivity contribution in [2.24, 2.45) is 0 Å². The predicted molar refractivity (Wildman–Crippen MR) is 98.7 cm³/mol. The summed E-state index contributed by atoms with van der Waals surface area (Å²) in [4.78, 5) is 0. The molecule has 4 rings (SSSR count). The summed E-state index contributed by atoms with van der Waals surface area (Å²) in [6.45, 7) is 9.04. The smallest absolute Gasteiger partial charge is 0.0528 e. The first-order valence-corrected chi connectivity index (χ1v) is 8.73. The average Bonchev–Trinajstić information content (AvgIpc) is 3.17. The predicted octanol–water partition coefficient (Wildman–Crippen LogP) is 5.49. The molecule has 2 nitrogen and oxygen atoms in total. The Bertz CT molecular complexity index is 908. The van der Waals surface area contributed by atoms with Gasteiger partial charge in [0.25, 0.3) is 0 Å². The molecule has 0 N–H and O–H groups in total. The van der Waals surface area contributed by atoms with Crippen LogP contribution < -0.4 is 0 Å². The number of aromatic nitrogens is 2. The van der Waals surface area contributed by atoms with Crippen LogP contribution in [0.25, 0.3) is 16.8 Å². The van der Waals surface area contributed by atoms with Gasteiger partial charge in [-0.15, -0.1) is 17.2 Å². The Labute approximate surface area is 163 Å². The van der Waals surface area contributed by atoms with Crippen LogP contribution >= 0.6 is 0 Å². The maximum Gasteiger partial charge on any atom is 0.0528 e. The third kappa shape index (κ3) is 2.80. The van der Waals surface area contributed by atoms with Gasteiger partial charge >= 0.3 is 0 Å². The minimum Gasteiger partial charge on any atom is -0.265 e. The van der Waals surface area contributed by atoms with E-state index in [1.54, 1.807) is 0 Å². The molecule has 0 saturated carbocycles. The second-order valence-electron chi connectivity index (χ2n) is 7.34. The van der Waals surface area contributed by atoms with Crippen molar-refractivity contribution in [3.8, 4) is 16.8 Å². The van der Waals surface area contributed by atoms with Gasteiger partial charge in [0.2, 0.25) is 0 Å². The van der Waals surface area contributed by atoms with E-state index in [1.807, 2.05) is 10.9 Å². The number of benzene rings is 2. The van der Waals surface area contributed by atoms with Crippen LogP contribution in [-0.4, -0.2) is 9.78 Å². The van der Waals surface area contributed by atoms with Gasteiger partial charge in [0, 0.05) is 26.6 Å². The molecule has 0 amide bonds. The van der Waals surface area contributed by atoms with Gasteiger partial charge in [0.15, 0.2) is 0 Å². The number of hydrogen-bond acceptors (Lipinski definition) is 1. The fourth-order valence-electron chi connectivity index (χ4n) is 3.72. The van der Waals surface area contributed by atoms with Crippen molar-refractivity contribution in [3.05, 3.63) is 71.5 Å². The Balaban J connectivity index is 0.00000182. The molecule has 0 fully saturated rings. The Morgan fingerprint density at radius 3 is 2.68 bits per heavy atom. The summed E-state index contributed by atoms with van der Waals surface area (Å²) in [5.41, 5.74) is 7.72. The van der Waals surface area contributed by atoms with E-state index in [4.69, 9.17) is 0 Å². The van der Waals surface area contributed by atoms with Gasteiger partial charge in [-0.25, -0.2) is 0 Å². The minimum absolute atomic E-state index is 0. The third-order valence-electron chi connectivity index (χ3n) is 5.53. The maximum absolute atomic E-state index is 4.56. The zero-order valence-corrected chi connectivity index (χ0v) is 16.7. The summed E-state index contributed by atoms with van der Waals surface area (Å²) in [6.07, 6.45) is 5.24. The summed E-state index contributed by atoms with van der Waals surface area (Å²) in [5, 5.41) is 4.56. The number of fused-ring (bicyclic) bond motifs is 3. The molecule has 2 aromatic carbocycles. The van der Waals surface area contributed by atoms with E-state index < -0.39 is 0 Å². The van der Waals surface area contributed by atoms with Gasteiger partial charge in [-0.05, 0) is 40.1 Å². The quantitative estimate of drug-likeness (QED) is 0.404.